The number of ketones is 1. The monoisotopic (exact) mass is 443 g/mol. The topological polar surface area (TPSA) is 76.1 Å². The van der Waals surface area contributed by atoms with E-state index >= 15 is 0 Å². The van der Waals surface area contributed by atoms with E-state index < -0.39 is 22.5 Å². The molecule has 8 fully saturated rings. The van der Waals surface area contributed by atoms with Gasteiger partial charge in [0.15, 0.2) is 0 Å². The van der Waals surface area contributed by atoms with Gasteiger partial charge in [-0.1, -0.05) is 13.5 Å². The lowest BCUT2D eigenvalue weighted by atomic mass is 9.37. The van der Waals surface area contributed by atoms with Gasteiger partial charge >= 0.3 is 5.97 Å². The normalized spacial score (nSPS) is 52.7. The molecule has 6 nitrogen and oxygen atoms in total. The van der Waals surface area contributed by atoms with Crippen LogP contribution < -0.4 is 0 Å². The maximum absolute atomic E-state index is 14.2. The Hall–Kier alpha value is -1.24. The second kappa shape index (κ2) is 7.13. The van der Waals surface area contributed by atoms with Crippen LogP contribution in [-0.2, 0) is 19.1 Å². The van der Waals surface area contributed by atoms with Crippen LogP contribution in [-0.4, -0.2) is 66.3 Å². The van der Waals surface area contributed by atoms with Crippen molar-refractivity contribution in [1.82, 2.24) is 4.90 Å². The summed E-state index contributed by atoms with van der Waals surface area (Å²) in [6.07, 6.45) is 6.77. The number of rotatable bonds is 3. The molecule has 9 atom stereocenters. The fourth-order valence-corrected chi connectivity index (χ4v) is 9.27. The molecule has 9 unspecified atom stereocenters. The van der Waals surface area contributed by atoms with Gasteiger partial charge in [-0.3, -0.25) is 14.5 Å². The van der Waals surface area contributed by atoms with Crippen LogP contribution in [0.3, 0.4) is 0 Å². The molecule has 3 saturated heterocycles. The third-order valence-corrected chi connectivity index (χ3v) is 10.9. The number of carbonyl (C=O) groups is 2. The van der Waals surface area contributed by atoms with E-state index in [0.29, 0.717) is 12.3 Å². The van der Waals surface area contributed by atoms with Crippen molar-refractivity contribution in [3.05, 3.63) is 12.7 Å². The SMILES string of the molecule is C=CC12CCCC3(C(=O)O1)C(CC(O)C14CCC(CC13)C(CN1CCOCC1)C4=O)C2C. The van der Waals surface area contributed by atoms with E-state index in [0.717, 1.165) is 71.4 Å². The minimum atomic E-state index is -0.778. The van der Waals surface area contributed by atoms with E-state index in [-0.39, 0.29) is 35.4 Å². The van der Waals surface area contributed by atoms with Gasteiger partial charge < -0.3 is 14.6 Å². The zero-order valence-corrected chi connectivity index (χ0v) is 19.3. The van der Waals surface area contributed by atoms with E-state index in [1.807, 2.05) is 6.08 Å². The molecule has 3 aliphatic heterocycles. The highest BCUT2D eigenvalue weighted by Gasteiger charge is 2.76. The first-order valence-electron chi connectivity index (χ1n) is 12.8. The fourth-order valence-electron chi connectivity index (χ4n) is 9.27. The number of fused-ring (bicyclic) bond motifs is 5. The van der Waals surface area contributed by atoms with E-state index in [1.54, 1.807) is 0 Å². The van der Waals surface area contributed by atoms with Crippen molar-refractivity contribution in [3.8, 4) is 0 Å². The van der Waals surface area contributed by atoms with Crippen LogP contribution in [0.2, 0.25) is 0 Å². The molecule has 1 N–H and O–H groups in total. The van der Waals surface area contributed by atoms with Crippen LogP contribution in [0.15, 0.2) is 12.7 Å². The Morgan fingerprint density at radius 1 is 1.16 bits per heavy atom. The summed E-state index contributed by atoms with van der Waals surface area (Å²) in [6, 6.07) is 0. The van der Waals surface area contributed by atoms with Crippen LogP contribution in [0.25, 0.3) is 0 Å². The van der Waals surface area contributed by atoms with Gasteiger partial charge in [-0.15, -0.1) is 0 Å². The summed E-state index contributed by atoms with van der Waals surface area (Å²) in [5.74, 6) is 0.477. The quantitative estimate of drug-likeness (QED) is 0.534. The summed E-state index contributed by atoms with van der Waals surface area (Å²) in [5.41, 5.74) is -2.03. The van der Waals surface area contributed by atoms with Gasteiger partial charge in [0.25, 0.3) is 0 Å². The molecule has 0 aromatic heterocycles. The van der Waals surface area contributed by atoms with Crippen molar-refractivity contribution >= 4 is 11.8 Å². The molecule has 0 radical (unpaired) electrons. The van der Waals surface area contributed by atoms with Crippen molar-refractivity contribution in [2.75, 3.05) is 32.8 Å². The summed E-state index contributed by atoms with van der Waals surface area (Å²) < 4.78 is 11.7. The van der Waals surface area contributed by atoms with E-state index in [9.17, 15) is 14.7 Å². The zero-order chi connectivity index (χ0) is 22.3. The number of carbonyl (C=O) groups excluding carboxylic acids is 2. The lowest BCUT2D eigenvalue weighted by Crippen LogP contribution is -2.73. The van der Waals surface area contributed by atoms with Crippen molar-refractivity contribution in [2.24, 2.45) is 40.4 Å². The first-order chi connectivity index (χ1) is 15.4. The maximum atomic E-state index is 14.2. The molecule has 0 aromatic rings. The van der Waals surface area contributed by atoms with Crippen molar-refractivity contribution in [1.29, 1.82) is 0 Å². The van der Waals surface area contributed by atoms with Gasteiger partial charge in [0, 0.05) is 31.5 Å². The molecule has 5 aliphatic carbocycles. The first kappa shape index (κ1) is 21.3. The van der Waals surface area contributed by atoms with E-state index in [1.165, 1.54) is 0 Å². The van der Waals surface area contributed by atoms with Gasteiger partial charge in [0.1, 0.15) is 11.4 Å². The smallest absolute Gasteiger partial charge is 0.313 e. The lowest BCUT2D eigenvalue weighted by molar-refractivity contribution is -0.250. The van der Waals surface area contributed by atoms with Crippen molar-refractivity contribution in [2.45, 2.75) is 63.6 Å². The number of morpholine rings is 1. The van der Waals surface area contributed by atoms with Crippen LogP contribution >= 0.6 is 0 Å². The van der Waals surface area contributed by atoms with Crippen LogP contribution in [0.4, 0.5) is 0 Å². The first-order valence-corrected chi connectivity index (χ1v) is 12.8. The maximum Gasteiger partial charge on any atom is 0.313 e. The summed E-state index contributed by atoms with van der Waals surface area (Å²) in [6.45, 7) is 10.2. The number of esters is 1. The average molecular weight is 444 g/mol. The molecule has 0 aromatic carbocycles. The lowest BCUT2D eigenvalue weighted by Gasteiger charge is -2.67. The number of aliphatic hydroxyl groups excluding tert-OH is 1. The predicted molar refractivity (Wildman–Crippen MR) is 118 cm³/mol. The molecule has 6 heteroatoms. The predicted octanol–water partition coefficient (Wildman–Crippen LogP) is 2.59. The van der Waals surface area contributed by atoms with Crippen molar-refractivity contribution < 1.29 is 24.2 Å². The Bertz CT molecular complexity index is 838. The Kier molecular flexibility index (Phi) is 4.75. The average Bonchev–Trinajstić information content (AvgIpc) is 3.03. The Morgan fingerprint density at radius 3 is 2.69 bits per heavy atom. The number of aliphatic hydroxyl groups is 1. The summed E-state index contributed by atoms with van der Waals surface area (Å²) in [4.78, 5) is 30.3. The second-order valence-corrected chi connectivity index (χ2v) is 11.6. The molecular weight excluding hydrogens is 406 g/mol. The molecular formula is C26H37NO5. The summed E-state index contributed by atoms with van der Waals surface area (Å²) in [5, 5.41) is 11.7. The van der Waals surface area contributed by atoms with Gasteiger partial charge in [-0.25, -0.2) is 0 Å². The van der Waals surface area contributed by atoms with Gasteiger partial charge in [0.2, 0.25) is 0 Å². The van der Waals surface area contributed by atoms with Gasteiger partial charge in [-0.05, 0) is 68.8 Å². The Labute approximate surface area is 190 Å². The minimum Gasteiger partial charge on any atom is -0.454 e. The summed E-state index contributed by atoms with van der Waals surface area (Å²) in [7, 11) is 0. The molecule has 32 heavy (non-hydrogen) atoms. The second-order valence-electron chi connectivity index (χ2n) is 11.6. The molecule has 0 amide bonds. The number of Topliss-reactive ketones (excluding diaryl/α,β-unsaturated/α-hetero) is 1. The molecule has 176 valence electrons. The van der Waals surface area contributed by atoms with E-state index in [4.69, 9.17) is 9.47 Å². The number of nitrogens with zero attached hydrogens (tertiary/aromatic N) is 1. The number of hydrogen-bond acceptors (Lipinski definition) is 6. The third-order valence-electron chi connectivity index (χ3n) is 10.9. The highest BCUT2D eigenvalue weighted by atomic mass is 16.6. The van der Waals surface area contributed by atoms with Crippen molar-refractivity contribution in [3.63, 3.8) is 0 Å². The molecule has 4 bridgehead atoms. The van der Waals surface area contributed by atoms with E-state index in [2.05, 4.69) is 18.4 Å². The molecule has 8 aliphatic rings. The molecule has 3 heterocycles. The zero-order valence-electron chi connectivity index (χ0n) is 19.3. The van der Waals surface area contributed by atoms with Crippen LogP contribution in [0.5, 0.6) is 0 Å². The van der Waals surface area contributed by atoms with Gasteiger partial charge in [0.05, 0.1) is 30.1 Å². The van der Waals surface area contributed by atoms with Crippen LogP contribution in [0.1, 0.15) is 51.9 Å². The molecule has 2 spiro atoms. The van der Waals surface area contributed by atoms with Crippen LogP contribution in [0, 0.1) is 40.4 Å². The minimum absolute atomic E-state index is 0.0317. The standard InChI is InChI=1S/C26H37NO5/c1-3-24-6-4-7-25(23(30)32-24)19(16(24)2)14-21(28)26-8-5-17(13-20(25)26)18(22(26)29)15-27-9-11-31-12-10-27/h3,16-21,28H,1,4-15H2,2H3. The molecule has 8 rings (SSSR count). The summed E-state index contributed by atoms with van der Waals surface area (Å²) >= 11 is 0. The number of hydrogen-bond donors (Lipinski definition) is 1. The Morgan fingerprint density at radius 2 is 1.94 bits per heavy atom. The van der Waals surface area contributed by atoms with Gasteiger partial charge in [-0.2, -0.15) is 0 Å². The Balaban J connectivity index is 1.39. The fraction of sp³-hybridized carbons (Fsp3) is 0.846. The highest BCUT2D eigenvalue weighted by Crippen LogP contribution is 2.72. The third kappa shape index (κ3) is 2.47. The number of ether oxygens (including phenoxy) is 2. The highest BCUT2D eigenvalue weighted by molar-refractivity contribution is 5.92. The molecule has 5 saturated carbocycles. The largest absolute Gasteiger partial charge is 0.454 e.